The highest BCUT2D eigenvalue weighted by Gasteiger charge is 2.30. The first-order valence-corrected chi connectivity index (χ1v) is 13.3. The van der Waals surface area contributed by atoms with Crippen molar-refractivity contribution in [2.75, 3.05) is 38.6 Å². The molecule has 1 aliphatic rings. The normalized spacial score (nSPS) is 16.2. The van der Waals surface area contributed by atoms with Gasteiger partial charge in [0.25, 0.3) is 0 Å². The largest absolute Gasteiger partial charge is 0.467 e. The van der Waals surface area contributed by atoms with Gasteiger partial charge >= 0.3 is 5.97 Å². The molecule has 37 heavy (non-hydrogen) atoms. The van der Waals surface area contributed by atoms with Gasteiger partial charge in [0.05, 0.1) is 24.1 Å². The molecule has 0 radical (unpaired) electrons. The standard InChI is InChI=1S/C25H29F2N5O4S/c1-16(2)23(25(33)36-3)30-24-18-6-4-5-7-21(18)28-22(29-24)15-31-10-12-32(13-11-31)37(34,35)17-8-9-19(26)20(27)14-17/h4-9,14,16,23H,10-13,15H2,1-3H3,(H,28,29,30)/t23-/m0/s1. The van der Waals surface area contributed by atoms with Gasteiger partial charge < -0.3 is 10.1 Å². The van der Waals surface area contributed by atoms with E-state index in [-0.39, 0.29) is 23.9 Å². The van der Waals surface area contributed by atoms with Crippen LogP contribution in [0.3, 0.4) is 0 Å². The molecule has 1 saturated heterocycles. The molecule has 12 heteroatoms. The van der Waals surface area contributed by atoms with Gasteiger partial charge in [0, 0.05) is 31.6 Å². The Morgan fingerprint density at radius 3 is 2.41 bits per heavy atom. The number of hydrogen-bond donors (Lipinski definition) is 1. The van der Waals surface area contributed by atoms with Crippen molar-refractivity contribution < 1.29 is 26.7 Å². The first-order chi connectivity index (χ1) is 17.6. The van der Waals surface area contributed by atoms with Crippen LogP contribution in [0.2, 0.25) is 0 Å². The lowest BCUT2D eigenvalue weighted by Gasteiger charge is -2.33. The van der Waals surface area contributed by atoms with Crippen LogP contribution in [0.5, 0.6) is 0 Å². The number of piperazine rings is 1. The fraction of sp³-hybridized carbons (Fsp3) is 0.400. The van der Waals surface area contributed by atoms with Gasteiger partial charge in [-0.15, -0.1) is 0 Å². The fourth-order valence-electron chi connectivity index (χ4n) is 4.19. The average Bonchev–Trinajstić information content (AvgIpc) is 2.88. The maximum absolute atomic E-state index is 13.6. The second-order valence-electron chi connectivity index (χ2n) is 9.15. The van der Waals surface area contributed by atoms with Crippen molar-refractivity contribution in [3.63, 3.8) is 0 Å². The predicted molar refractivity (Wildman–Crippen MR) is 134 cm³/mol. The molecule has 1 N–H and O–H groups in total. The number of methoxy groups -OCH3 is 1. The fourth-order valence-corrected chi connectivity index (χ4v) is 5.63. The minimum Gasteiger partial charge on any atom is -0.467 e. The molecule has 2 heterocycles. The molecular formula is C25H29F2N5O4S. The van der Waals surface area contributed by atoms with Crippen molar-refractivity contribution in [1.82, 2.24) is 19.2 Å². The van der Waals surface area contributed by atoms with Crippen molar-refractivity contribution in [2.24, 2.45) is 5.92 Å². The first kappa shape index (κ1) is 26.8. The van der Waals surface area contributed by atoms with Crippen LogP contribution in [0, 0.1) is 17.6 Å². The van der Waals surface area contributed by atoms with Crippen molar-refractivity contribution >= 4 is 32.7 Å². The minimum atomic E-state index is -3.95. The lowest BCUT2D eigenvalue weighted by Crippen LogP contribution is -2.48. The number of fused-ring (bicyclic) bond motifs is 1. The first-order valence-electron chi connectivity index (χ1n) is 11.9. The average molecular weight is 534 g/mol. The van der Waals surface area contributed by atoms with Gasteiger partial charge in [-0.25, -0.2) is 32.0 Å². The molecule has 0 aliphatic carbocycles. The molecule has 4 rings (SSSR count). The van der Waals surface area contributed by atoms with Gasteiger partial charge in [0.2, 0.25) is 10.0 Å². The molecule has 0 saturated carbocycles. The molecule has 9 nitrogen and oxygen atoms in total. The number of ether oxygens (including phenoxy) is 1. The van der Waals surface area contributed by atoms with Crippen molar-refractivity contribution in [2.45, 2.75) is 31.3 Å². The third kappa shape index (κ3) is 5.86. The number of nitrogens with one attached hydrogen (secondary N) is 1. The monoisotopic (exact) mass is 533 g/mol. The number of carbonyl (C=O) groups excluding carboxylic acids is 1. The van der Waals surface area contributed by atoms with Crippen molar-refractivity contribution in [1.29, 1.82) is 0 Å². The highest BCUT2D eigenvalue weighted by molar-refractivity contribution is 7.89. The smallest absolute Gasteiger partial charge is 0.328 e. The maximum atomic E-state index is 13.6. The van der Waals surface area contributed by atoms with Crippen LogP contribution in [-0.2, 0) is 26.1 Å². The predicted octanol–water partition coefficient (Wildman–Crippen LogP) is 3.02. The van der Waals surface area contributed by atoms with E-state index in [2.05, 4.69) is 15.3 Å². The topological polar surface area (TPSA) is 105 Å². The summed E-state index contributed by atoms with van der Waals surface area (Å²) in [5.41, 5.74) is 0.710. The van der Waals surface area contributed by atoms with E-state index >= 15 is 0 Å². The van der Waals surface area contributed by atoms with E-state index in [0.29, 0.717) is 42.9 Å². The summed E-state index contributed by atoms with van der Waals surface area (Å²) in [6, 6.07) is 9.45. The van der Waals surface area contributed by atoms with Gasteiger partial charge in [0.1, 0.15) is 17.7 Å². The zero-order valence-corrected chi connectivity index (χ0v) is 21.6. The van der Waals surface area contributed by atoms with Crippen molar-refractivity contribution in [3.8, 4) is 0 Å². The van der Waals surface area contributed by atoms with Crippen molar-refractivity contribution in [3.05, 3.63) is 59.9 Å². The summed E-state index contributed by atoms with van der Waals surface area (Å²) < 4.78 is 58.8. The summed E-state index contributed by atoms with van der Waals surface area (Å²) in [7, 11) is -2.61. The van der Waals surface area contributed by atoms with E-state index in [9.17, 15) is 22.0 Å². The number of hydrogen-bond acceptors (Lipinski definition) is 8. The molecule has 0 amide bonds. The second-order valence-corrected chi connectivity index (χ2v) is 11.1. The third-order valence-electron chi connectivity index (χ3n) is 6.29. The summed E-state index contributed by atoms with van der Waals surface area (Å²) in [6.45, 7) is 5.34. The number of aromatic nitrogens is 2. The number of anilines is 1. The second kappa shape index (κ2) is 11.0. The molecule has 2 aromatic carbocycles. The summed E-state index contributed by atoms with van der Waals surface area (Å²) >= 11 is 0. The molecule has 1 aromatic heterocycles. The lowest BCUT2D eigenvalue weighted by molar-refractivity contribution is -0.142. The van der Waals surface area contributed by atoms with Crippen LogP contribution in [0.4, 0.5) is 14.6 Å². The van der Waals surface area contributed by atoms with E-state index in [1.165, 1.54) is 11.4 Å². The number of halogens is 2. The van der Waals surface area contributed by atoms with Gasteiger partial charge in [0.15, 0.2) is 11.6 Å². The highest BCUT2D eigenvalue weighted by atomic mass is 32.2. The minimum absolute atomic E-state index is 0.0470. The third-order valence-corrected chi connectivity index (χ3v) is 8.18. The van der Waals surface area contributed by atoms with Crippen LogP contribution in [-0.4, -0.2) is 72.9 Å². The molecule has 1 aliphatic heterocycles. The van der Waals surface area contributed by atoms with Crippen LogP contribution >= 0.6 is 0 Å². The Kier molecular flexibility index (Phi) is 8.00. The Balaban J connectivity index is 1.50. The highest BCUT2D eigenvalue weighted by Crippen LogP contribution is 2.24. The van der Waals surface area contributed by atoms with Gasteiger partial charge in [-0.2, -0.15) is 4.31 Å². The number of carbonyl (C=O) groups is 1. The number of benzene rings is 2. The Morgan fingerprint density at radius 2 is 1.76 bits per heavy atom. The van der Waals surface area contributed by atoms with Crippen LogP contribution < -0.4 is 5.32 Å². The summed E-state index contributed by atoms with van der Waals surface area (Å²) in [6.07, 6.45) is 0. The number of sulfonamides is 1. The maximum Gasteiger partial charge on any atom is 0.328 e. The van der Waals surface area contributed by atoms with Crippen LogP contribution in [0.15, 0.2) is 47.4 Å². The number of esters is 1. The SMILES string of the molecule is COC(=O)[C@@H](Nc1nc(CN2CCN(S(=O)(=O)c3ccc(F)c(F)c3)CC2)nc2ccccc12)C(C)C. The Hall–Kier alpha value is -3.22. The van der Waals surface area contributed by atoms with E-state index in [1.54, 1.807) is 0 Å². The summed E-state index contributed by atoms with van der Waals surface area (Å²) in [4.78, 5) is 23.4. The Bertz CT molecular complexity index is 1400. The lowest BCUT2D eigenvalue weighted by atomic mass is 10.0. The van der Waals surface area contributed by atoms with Gasteiger partial charge in [-0.1, -0.05) is 26.0 Å². The van der Waals surface area contributed by atoms with Gasteiger partial charge in [-0.3, -0.25) is 4.90 Å². The van der Waals surface area contributed by atoms with E-state index < -0.39 is 33.7 Å². The number of nitrogens with zero attached hydrogens (tertiary/aromatic N) is 4. The molecule has 3 aromatic rings. The van der Waals surface area contributed by atoms with E-state index in [1.807, 2.05) is 43.0 Å². The molecule has 0 bridgehead atoms. The molecule has 1 atom stereocenters. The molecule has 1 fully saturated rings. The summed E-state index contributed by atoms with van der Waals surface area (Å²) in [5, 5.41) is 3.98. The Morgan fingerprint density at radius 1 is 1.05 bits per heavy atom. The van der Waals surface area contributed by atoms with Crippen LogP contribution in [0.1, 0.15) is 19.7 Å². The molecule has 0 unspecified atom stereocenters. The number of para-hydroxylation sites is 1. The summed E-state index contributed by atoms with van der Waals surface area (Å²) in [5.74, 6) is -1.70. The molecule has 0 spiro atoms. The van der Waals surface area contributed by atoms with Gasteiger partial charge in [-0.05, 0) is 36.2 Å². The zero-order chi connectivity index (χ0) is 26.7. The molecular weight excluding hydrogens is 504 g/mol. The van der Waals surface area contributed by atoms with E-state index in [4.69, 9.17) is 4.74 Å². The number of rotatable bonds is 8. The Labute approximate surface area is 214 Å². The quantitative estimate of drug-likeness (QED) is 0.441. The zero-order valence-electron chi connectivity index (χ0n) is 20.8. The van der Waals surface area contributed by atoms with Crippen LogP contribution in [0.25, 0.3) is 10.9 Å². The molecule has 198 valence electrons. The van der Waals surface area contributed by atoms with E-state index in [0.717, 1.165) is 17.5 Å².